The number of nitrogens with zero attached hydrogens (tertiary/aromatic N) is 3. The van der Waals surface area contributed by atoms with Gasteiger partial charge in [-0.25, -0.2) is 9.97 Å². The first kappa shape index (κ1) is 31.7. The molecule has 0 atom stereocenters. The average Bonchev–Trinajstić information content (AvgIpc) is 3.24. The summed E-state index contributed by atoms with van der Waals surface area (Å²) in [4.78, 5) is 10.4. The van der Waals surface area contributed by atoms with Gasteiger partial charge in [-0.3, -0.25) is 10.8 Å². The predicted molar refractivity (Wildman–Crippen MR) is 220 cm³/mol. The summed E-state index contributed by atoms with van der Waals surface area (Å²) in [5.41, 5.74) is 16.0. The van der Waals surface area contributed by atoms with E-state index in [1.807, 2.05) is 48.5 Å². The standard InChI is InChI=1S/C48H33N5/c49-43-27-26-35-24-22-34-23-25-39(30-42(34)46(35)47(43)53-52-41-20-8-3-9-21-41)45-31-44(38-18-10-16-36(28-38)32-12-4-1-5-13-32)50-48(51-45)40-19-11-17-37(29-40)33-14-6-2-7-15-33/h1-31,49,52H/b49-43?,53-47+. The number of benzene rings is 7. The zero-order valence-corrected chi connectivity index (χ0v) is 28.7. The van der Waals surface area contributed by atoms with E-state index in [1.165, 1.54) is 0 Å². The molecule has 0 spiro atoms. The van der Waals surface area contributed by atoms with Gasteiger partial charge in [0.25, 0.3) is 0 Å². The predicted octanol–water partition coefficient (Wildman–Crippen LogP) is 11.8. The van der Waals surface area contributed by atoms with Crippen LogP contribution in [-0.2, 0) is 0 Å². The van der Waals surface area contributed by atoms with E-state index in [0.717, 1.165) is 77.9 Å². The second-order valence-electron chi connectivity index (χ2n) is 13.0. The first-order valence-electron chi connectivity index (χ1n) is 17.6. The molecule has 1 aliphatic carbocycles. The van der Waals surface area contributed by atoms with Gasteiger partial charge in [0.2, 0.25) is 0 Å². The van der Waals surface area contributed by atoms with E-state index in [0.29, 0.717) is 17.2 Å². The van der Waals surface area contributed by atoms with Crippen LogP contribution < -0.4 is 5.43 Å². The molecular weight excluding hydrogens is 647 g/mol. The molecule has 5 heteroatoms. The molecule has 0 aliphatic heterocycles. The van der Waals surface area contributed by atoms with Gasteiger partial charge in [-0.1, -0.05) is 146 Å². The third-order valence-electron chi connectivity index (χ3n) is 9.56. The third-order valence-corrected chi connectivity index (χ3v) is 9.56. The van der Waals surface area contributed by atoms with Crippen molar-refractivity contribution in [3.8, 4) is 56.2 Å². The van der Waals surface area contributed by atoms with Crippen LogP contribution in [0.15, 0.2) is 187 Å². The van der Waals surface area contributed by atoms with Crippen molar-refractivity contribution in [2.24, 2.45) is 5.10 Å². The minimum atomic E-state index is 0.349. The lowest BCUT2D eigenvalue weighted by atomic mass is 9.88. The van der Waals surface area contributed by atoms with Crippen molar-refractivity contribution in [3.05, 3.63) is 193 Å². The van der Waals surface area contributed by atoms with Crippen LogP contribution in [0.3, 0.4) is 0 Å². The van der Waals surface area contributed by atoms with Crippen molar-refractivity contribution < 1.29 is 0 Å². The van der Waals surface area contributed by atoms with Crippen LogP contribution in [0.25, 0.3) is 73.0 Å². The number of anilines is 1. The zero-order chi connectivity index (χ0) is 35.6. The largest absolute Gasteiger partial charge is 0.299 e. The molecule has 0 bridgehead atoms. The maximum Gasteiger partial charge on any atom is 0.160 e. The van der Waals surface area contributed by atoms with E-state index in [9.17, 15) is 0 Å². The van der Waals surface area contributed by atoms with Gasteiger partial charge < -0.3 is 0 Å². The highest BCUT2D eigenvalue weighted by molar-refractivity contribution is 6.55. The number of fused-ring (bicyclic) bond motifs is 3. The molecule has 8 aromatic rings. The van der Waals surface area contributed by atoms with Crippen LogP contribution in [0.4, 0.5) is 5.69 Å². The number of hydrogen-bond donors (Lipinski definition) is 2. The summed E-state index contributed by atoms with van der Waals surface area (Å²) in [5, 5.41) is 15.7. The maximum atomic E-state index is 8.86. The van der Waals surface area contributed by atoms with E-state index in [-0.39, 0.29) is 0 Å². The van der Waals surface area contributed by atoms with Crippen LogP contribution >= 0.6 is 0 Å². The number of nitrogens with one attached hydrogen (secondary N) is 2. The summed E-state index contributed by atoms with van der Waals surface area (Å²) in [7, 11) is 0. The Morgan fingerprint density at radius 3 is 1.68 bits per heavy atom. The van der Waals surface area contributed by atoms with Crippen molar-refractivity contribution in [2.75, 3.05) is 5.43 Å². The monoisotopic (exact) mass is 679 g/mol. The molecule has 2 N–H and O–H groups in total. The van der Waals surface area contributed by atoms with Crippen molar-refractivity contribution in [3.63, 3.8) is 0 Å². The second kappa shape index (κ2) is 13.8. The second-order valence-corrected chi connectivity index (χ2v) is 13.0. The molecule has 0 saturated heterocycles. The van der Waals surface area contributed by atoms with Gasteiger partial charge in [-0.2, -0.15) is 5.10 Å². The highest BCUT2D eigenvalue weighted by Crippen LogP contribution is 2.35. The molecule has 7 aromatic carbocycles. The Bertz CT molecular complexity index is 2600. The molecule has 1 heterocycles. The molecule has 0 amide bonds. The normalized spacial score (nSPS) is 12.9. The lowest BCUT2D eigenvalue weighted by molar-refractivity contribution is 1.18. The first-order chi connectivity index (χ1) is 26.2. The van der Waals surface area contributed by atoms with Gasteiger partial charge in [-0.05, 0) is 81.1 Å². The maximum absolute atomic E-state index is 8.86. The average molecular weight is 680 g/mol. The fraction of sp³-hybridized carbons (Fsp3) is 0. The molecule has 0 saturated carbocycles. The van der Waals surface area contributed by atoms with Gasteiger partial charge in [0.05, 0.1) is 22.8 Å². The minimum absolute atomic E-state index is 0.349. The van der Waals surface area contributed by atoms with E-state index in [4.69, 9.17) is 20.5 Å². The smallest absolute Gasteiger partial charge is 0.160 e. The zero-order valence-electron chi connectivity index (χ0n) is 28.7. The quantitative estimate of drug-likeness (QED) is 0.165. The topological polar surface area (TPSA) is 74.0 Å². The lowest BCUT2D eigenvalue weighted by Crippen LogP contribution is -2.19. The van der Waals surface area contributed by atoms with Crippen molar-refractivity contribution in [1.82, 2.24) is 9.97 Å². The van der Waals surface area contributed by atoms with E-state index >= 15 is 0 Å². The number of aromatic nitrogens is 2. The van der Waals surface area contributed by atoms with Crippen LogP contribution in [0.1, 0.15) is 11.1 Å². The summed E-state index contributed by atoms with van der Waals surface area (Å²) >= 11 is 0. The van der Waals surface area contributed by atoms with Crippen LogP contribution in [0, 0.1) is 5.41 Å². The summed E-state index contributed by atoms with van der Waals surface area (Å²) < 4.78 is 0. The summed E-state index contributed by atoms with van der Waals surface area (Å²) in [5.74, 6) is 0.648. The highest BCUT2D eigenvalue weighted by Gasteiger charge is 2.21. The number of rotatable bonds is 7. The Labute approximate surface area is 308 Å². The molecule has 1 aromatic heterocycles. The molecule has 5 nitrogen and oxygen atoms in total. The minimum Gasteiger partial charge on any atom is -0.299 e. The third kappa shape index (κ3) is 6.44. The van der Waals surface area contributed by atoms with E-state index < -0.39 is 0 Å². The first-order valence-corrected chi connectivity index (χ1v) is 17.6. The van der Waals surface area contributed by atoms with Gasteiger partial charge >= 0.3 is 0 Å². The fourth-order valence-electron chi connectivity index (χ4n) is 6.86. The number of para-hydroxylation sites is 1. The molecular formula is C48H33N5. The van der Waals surface area contributed by atoms with Crippen molar-refractivity contribution in [1.29, 1.82) is 5.41 Å². The molecule has 0 radical (unpaired) electrons. The Hall–Kier alpha value is -7.24. The van der Waals surface area contributed by atoms with Gasteiger partial charge in [0.1, 0.15) is 5.71 Å². The SMILES string of the molecule is N=C1C=Cc2ccc3ccc(-c4cc(-c5cccc(-c6ccccc6)c5)nc(-c5cccc(-c6ccccc6)c5)n4)cc3c2/C1=N/Nc1ccccc1. The van der Waals surface area contributed by atoms with Gasteiger partial charge in [0.15, 0.2) is 5.82 Å². The van der Waals surface area contributed by atoms with Gasteiger partial charge in [-0.15, -0.1) is 0 Å². The Balaban J connectivity index is 1.21. The van der Waals surface area contributed by atoms with Crippen LogP contribution in [0.5, 0.6) is 0 Å². The number of hydrazone groups is 1. The lowest BCUT2D eigenvalue weighted by Gasteiger charge is -2.18. The summed E-state index contributed by atoms with van der Waals surface area (Å²) in [6.45, 7) is 0. The number of allylic oxidation sites excluding steroid dienone is 1. The van der Waals surface area contributed by atoms with Crippen LogP contribution in [-0.4, -0.2) is 21.4 Å². The molecule has 9 rings (SSSR count). The summed E-state index contributed by atoms with van der Waals surface area (Å²) in [6, 6.07) is 60.3. The molecule has 0 fully saturated rings. The molecule has 1 aliphatic rings. The fourth-order valence-corrected chi connectivity index (χ4v) is 6.86. The summed E-state index contributed by atoms with van der Waals surface area (Å²) in [6.07, 6.45) is 3.80. The Kier molecular flexibility index (Phi) is 8.27. The number of hydrogen-bond acceptors (Lipinski definition) is 5. The molecule has 0 unspecified atom stereocenters. The Morgan fingerprint density at radius 1 is 0.453 bits per heavy atom. The molecule has 250 valence electrons. The Morgan fingerprint density at radius 2 is 1.00 bits per heavy atom. The van der Waals surface area contributed by atoms with Crippen molar-refractivity contribution in [2.45, 2.75) is 0 Å². The van der Waals surface area contributed by atoms with Crippen LogP contribution in [0.2, 0.25) is 0 Å². The van der Waals surface area contributed by atoms with Gasteiger partial charge in [0, 0.05) is 22.3 Å². The van der Waals surface area contributed by atoms with Crippen molar-refractivity contribution >= 4 is 34.0 Å². The molecule has 53 heavy (non-hydrogen) atoms. The highest BCUT2D eigenvalue weighted by atomic mass is 15.3. The van der Waals surface area contributed by atoms with E-state index in [2.05, 4.69) is 139 Å². The van der Waals surface area contributed by atoms with E-state index in [1.54, 1.807) is 6.08 Å².